The fraction of sp³-hybridized carbons (Fsp3) is 0.417. The highest BCUT2D eigenvalue weighted by Gasteiger charge is 2.15. The molecule has 0 fully saturated rings. The summed E-state index contributed by atoms with van der Waals surface area (Å²) in [6, 6.07) is 4.63. The van der Waals surface area contributed by atoms with Gasteiger partial charge in [0.15, 0.2) is 0 Å². The van der Waals surface area contributed by atoms with E-state index in [1.54, 1.807) is 6.07 Å². The monoisotopic (exact) mass is 299 g/mol. The maximum atomic E-state index is 11.5. The molecule has 0 aliphatic carbocycles. The van der Waals surface area contributed by atoms with Gasteiger partial charge in [0.2, 0.25) is 0 Å². The molecule has 4 nitrogen and oxygen atoms in total. The molecule has 0 heterocycles. The lowest BCUT2D eigenvalue weighted by molar-refractivity contribution is -0.384. The van der Waals surface area contributed by atoms with Crippen molar-refractivity contribution in [3.05, 3.63) is 38.3 Å². The molecule has 1 unspecified atom stereocenters. The van der Waals surface area contributed by atoms with Crippen molar-refractivity contribution in [2.75, 3.05) is 0 Å². The van der Waals surface area contributed by atoms with Gasteiger partial charge < -0.3 is 0 Å². The van der Waals surface area contributed by atoms with E-state index in [0.29, 0.717) is 17.3 Å². The lowest BCUT2D eigenvalue weighted by Gasteiger charge is -2.10. The Labute approximate surface area is 108 Å². The average molecular weight is 300 g/mol. The van der Waals surface area contributed by atoms with Gasteiger partial charge in [-0.2, -0.15) is 0 Å². The first-order chi connectivity index (χ1) is 7.95. The summed E-state index contributed by atoms with van der Waals surface area (Å²) in [5, 5.41) is 10.6. The van der Waals surface area contributed by atoms with Crippen molar-refractivity contribution in [2.24, 2.45) is 5.92 Å². The van der Waals surface area contributed by atoms with Gasteiger partial charge >= 0.3 is 0 Å². The first-order valence-corrected chi connectivity index (χ1v) is 6.20. The fourth-order valence-corrected chi connectivity index (χ4v) is 2.14. The van der Waals surface area contributed by atoms with Crippen molar-refractivity contribution in [1.29, 1.82) is 0 Å². The lowest BCUT2D eigenvalue weighted by atomic mass is 9.96. The number of ketones is 1. The Kier molecular flexibility index (Phi) is 4.81. The number of nitrogens with zero attached hydrogens (tertiary/aromatic N) is 1. The van der Waals surface area contributed by atoms with E-state index in [1.807, 2.05) is 13.8 Å². The number of carbonyl (C=O) groups excluding carboxylic acids is 1. The molecule has 0 aliphatic heterocycles. The molecular weight excluding hydrogens is 286 g/mol. The predicted octanol–water partition coefficient (Wildman–Crippen LogP) is 3.52. The highest BCUT2D eigenvalue weighted by molar-refractivity contribution is 9.10. The Bertz CT molecular complexity index is 445. The molecule has 5 heteroatoms. The molecule has 1 rings (SSSR count). The topological polar surface area (TPSA) is 60.2 Å². The number of non-ortho nitro benzene ring substituents is 1. The van der Waals surface area contributed by atoms with Crippen molar-refractivity contribution < 1.29 is 9.72 Å². The Hall–Kier alpha value is -1.23. The number of hydrogen-bond acceptors (Lipinski definition) is 3. The minimum Gasteiger partial charge on any atom is -0.299 e. The largest absolute Gasteiger partial charge is 0.299 e. The molecule has 0 aromatic heterocycles. The zero-order chi connectivity index (χ0) is 13.0. The third-order valence-corrected chi connectivity index (χ3v) is 3.41. The van der Waals surface area contributed by atoms with Crippen LogP contribution in [0.1, 0.15) is 25.8 Å². The van der Waals surface area contributed by atoms with Crippen molar-refractivity contribution in [1.82, 2.24) is 0 Å². The summed E-state index contributed by atoms with van der Waals surface area (Å²) in [6.07, 6.45) is 1.12. The Balaban J connectivity index is 2.86. The van der Waals surface area contributed by atoms with Crippen LogP contribution in [0.3, 0.4) is 0 Å². The number of nitro benzene ring substituents is 1. The van der Waals surface area contributed by atoms with Crippen molar-refractivity contribution >= 4 is 27.4 Å². The first kappa shape index (κ1) is 13.8. The molecule has 0 aliphatic rings. The minimum atomic E-state index is -0.435. The van der Waals surface area contributed by atoms with Crippen LogP contribution in [0.2, 0.25) is 0 Å². The summed E-state index contributed by atoms with van der Waals surface area (Å²) in [6.45, 7) is 3.71. The molecule has 0 saturated carbocycles. The SMILES string of the molecule is CCC(=O)C(C)Cc1ccc([N+](=O)[O-])cc1Br. The fourth-order valence-electron chi connectivity index (χ4n) is 1.61. The van der Waals surface area contributed by atoms with Crippen LogP contribution >= 0.6 is 15.9 Å². The van der Waals surface area contributed by atoms with E-state index in [1.165, 1.54) is 12.1 Å². The molecule has 1 aromatic rings. The van der Waals surface area contributed by atoms with Crippen LogP contribution in [0.4, 0.5) is 5.69 Å². The summed E-state index contributed by atoms with van der Waals surface area (Å²) in [5.41, 5.74) is 0.972. The quantitative estimate of drug-likeness (QED) is 0.617. The number of nitro groups is 1. The van der Waals surface area contributed by atoms with Gasteiger partial charge in [0.25, 0.3) is 5.69 Å². The van der Waals surface area contributed by atoms with E-state index in [9.17, 15) is 14.9 Å². The average Bonchev–Trinajstić information content (AvgIpc) is 2.30. The van der Waals surface area contributed by atoms with Gasteiger partial charge in [-0.25, -0.2) is 0 Å². The third kappa shape index (κ3) is 3.63. The van der Waals surface area contributed by atoms with E-state index in [-0.39, 0.29) is 17.4 Å². The number of benzene rings is 1. The maximum absolute atomic E-state index is 11.5. The third-order valence-electron chi connectivity index (χ3n) is 2.67. The van der Waals surface area contributed by atoms with Crippen LogP contribution in [0, 0.1) is 16.0 Å². The second-order valence-electron chi connectivity index (χ2n) is 3.96. The molecule has 1 aromatic carbocycles. The van der Waals surface area contributed by atoms with E-state index < -0.39 is 4.92 Å². The Morgan fingerprint density at radius 3 is 2.65 bits per heavy atom. The summed E-state index contributed by atoms with van der Waals surface area (Å²) in [7, 11) is 0. The zero-order valence-electron chi connectivity index (χ0n) is 9.77. The van der Waals surface area contributed by atoms with Crippen LogP contribution in [-0.2, 0) is 11.2 Å². The van der Waals surface area contributed by atoms with E-state index in [4.69, 9.17) is 0 Å². The minimum absolute atomic E-state index is 0.0510. The van der Waals surface area contributed by atoms with Crippen LogP contribution in [0.25, 0.3) is 0 Å². The zero-order valence-corrected chi connectivity index (χ0v) is 11.4. The van der Waals surface area contributed by atoms with Gasteiger partial charge in [0, 0.05) is 28.9 Å². The molecular formula is C12H14BrNO3. The van der Waals surface area contributed by atoms with E-state index in [2.05, 4.69) is 15.9 Å². The number of carbonyl (C=O) groups is 1. The van der Waals surface area contributed by atoms with Gasteiger partial charge in [-0.3, -0.25) is 14.9 Å². The highest BCUT2D eigenvalue weighted by atomic mass is 79.9. The van der Waals surface area contributed by atoms with E-state index >= 15 is 0 Å². The molecule has 92 valence electrons. The summed E-state index contributed by atoms with van der Waals surface area (Å²) >= 11 is 3.30. The van der Waals surface area contributed by atoms with Crippen LogP contribution < -0.4 is 0 Å². The predicted molar refractivity (Wildman–Crippen MR) is 69.0 cm³/mol. The summed E-state index contributed by atoms with van der Waals surface area (Å²) in [5.74, 6) is 0.146. The standard InChI is InChI=1S/C12H14BrNO3/c1-3-12(15)8(2)6-9-4-5-10(14(16)17)7-11(9)13/h4-5,7-8H,3,6H2,1-2H3. The summed E-state index contributed by atoms with van der Waals surface area (Å²) < 4.78 is 0.683. The van der Waals surface area contributed by atoms with Crippen molar-refractivity contribution in [3.8, 4) is 0 Å². The Morgan fingerprint density at radius 1 is 1.53 bits per heavy atom. The molecule has 1 atom stereocenters. The van der Waals surface area contributed by atoms with Gasteiger partial charge in [0.05, 0.1) is 4.92 Å². The molecule has 0 amide bonds. The van der Waals surface area contributed by atoms with Crippen molar-refractivity contribution in [3.63, 3.8) is 0 Å². The van der Waals surface area contributed by atoms with Gasteiger partial charge in [-0.1, -0.05) is 35.8 Å². The number of halogens is 1. The number of hydrogen-bond donors (Lipinski definition) is 0. The Morgan fingerprint density at radius 2 is 2.18 bits per heavy atom. The van der Waals surface area contributed by atoms with Crippen LogP contribution in [0.5, 0.6) is 0 Å². The van der Waals surface area contributed by atoms with Crippen molar-refractivity contribution in [2.45, 2.75) is 26.7 Å². The second-order valence-corrected chi connectivity index (χ2v) is 4.81. The second kappa shape index (κ2) is 5.91. The van der Waals surface area contributed by atoms with E-state index in [0.717, 1.165) is 5.56 Å². The van der Waals surface area contributed by atoms with Crippen LogP contribution in [-0.4, -0.2) is 10.7 Å². The van der Waals surface area contributed by atoms with Gasteiger partial charge in [0.1, 0.15) is 5.78 Å². The summed E-state index contributed by atoms with van der Waals surface area (Å²) in [4.78, 5) is 21.6. The van der Waals surface area contributed by atoms with Gasteiger partial charge in [-0.05, 0) is 12.0 Å². The smallest absolute Gasteiger partial charge is 0.270 e. The molecule has 0 N–H and O–H groups in total. The number of rotatable bonds is 5. The normalized spacial score (nSPS) is 12.2. The first-order valence-electron chi connectivity index (χ1n) is 5.41. The molecule has 17 heavy (non-hydrogen) atoms. The molecule has 0 radical (unpaired) electrons. The van der Waals surface area contributed by atoms with Crippen LogP contribution in [0.15, 0.2) is 22.7 Å². The van der Waals surface area contributed by atoms with Gasteiger partial charge in [-0.15, -0.1) is 0 Å². The number of Topliss-reactive ketones (excluding diaryl/α,β-unsaturated/α-hetero) is 1. The molecule has 0 bridgehead atoms. The lowest BCUT2D eigenvalue weighted by Crippen LogP contribution is -2.12. The molecule has 0 saturated heterocycles. The molecule has 0 spiro atoms. The maximum Gasteiger partial charge on any atom is 0.270 e. The highest BCUT2D eigenvalue weighted by Crippen LogP contribution is 2.25.